The lowest BCUT2D eigenvalue weighted by Gasteiger charge is -2.05. The van der Waals surface area contributed by atoms with Crippen LogP contribution in [0.25, 0.3) is 0 Å². The molecule has 1 saturated heterocycles. The van der Waals surface area contributed by atoms with Gasteiger partial charge in [0, 0.05) is 12.2 Å². The highest BCUT2D eigenvalue weighted by Gasteiger charge is 2.17. The molecule has 66 valence electrons. The van der Waals surface area contributed by atoms with Crippen LogP contribution in [0.4, 0.5) is 0 Å². The van der Waals surface area contributed by atoms with Gasteiger partial charge in [0.05, 0.1) is 13.2 Å². The van der Waals surface area contributed by atoms with Crippen LogP contribution in [0, 0.1) is 12.0 Å². The van der Waals surface area contributed by atoms with Crippen molar-refractivity contribution in [3.05, 3.63) is 12.2 Å². The van der Waals surface area contributed by atoms with Crippen molar-refractivity contribution < 1.29 is 14.5 Å². The van der Waals surface area contributed by atoms with Crippen molar-refractivity contribution in [1.29, 1.82) is 0 Å². The minimum absolute atomic E-state index is 0.0814. The van der Waals surface area contributed by atoms with Gasteiger partial charge in [-0.3, -0.25) is 4.89 Å². The molecule has 1 rings (SSSR count). The first-order valence-corrected chi connectivity index (χ1v) is 3.85. The van der Waals surface area contributed by atoms with E-state index in [1.165, 1.54) is 7.11 Å². The summed E-state index contributed by atoms with van der Waals surface area (Å²) in [7, 11) is 1.41. The standard InChI is InChI=1S/C9H12O3/c1-8(5-7-12-10-2)9-4-3-6-11-9/h9H,1,3-4,6H2,2H3. The second-order valence-electron chi connectivity index (χ2n) is 2.50. The van der Waals surface area contributed by atoms with E-state index in [-0.39, 0.29) is 6.10 Å². The number of hydrogen-bond donors (Lipinski definition) is 0. The minimum atomic E-state index is 0.0814. The maximum absolute atomic E-state index is 5.35. The summed E-state index contributed by atoms with van der Waals surface area (Å²) in [6.45, 7) is 4.58. The highest BCUT2D eigenvalue weighted by Crippen LogP contribution is 2.17. The summed E-state index contributed by atoms with van der Waals surface area (Å²) in [5.74, 6) is 2.71. The normalized spacial score (nSPS) is 21.2. The molecule has 0 amide bonds. The summed E-state index contributed by atoms with van der Waals surface area (Å²) in [5.41, 5.74) is 0.754. The molecular weight excluding hydrogens is 156 g/mol. The molecule has 1 fully saturated rings. The van der Waals surface area contributed by atoms with Gasteiger partial charge in [-0.25, -0.2) is 0 Å². The lowest BCUT2D eigenvalue weighted by molar-refractivity contribution is -0.209. The van der Waals surface area contributed by atoms with Gasteiger partial charge in [0.15, 0.2) is 6.11 Å². The Bertz CT molecular complexity index is 206. The molecule has 1 unspecified atom stereocenters. The van der Waals surface area contributed by atoms with E-state index in [1.54, 1.807) is 0 Å². The van der Waals surface area contributed by atoms with Crippen LogP contribution in [0.2, 0.25) is 0 Å². The van der Waals surface area contributed by atoms with Crippen molar-refractivity contribution in [3.8, 4) is 12.0 Å². The van der Waals surface area contributed by atoms with E-state index >= 15 is 0 Å². The molecule has 1 heterocycles. The molecule has 0 aromatic heterocycles. The summed E-state index contributed by atoms with van der Waals surface area (Å²) in [4.78, 5) is 8.69. The highest BCUT2D eigenvalue weighted by molar-refractivity contribution is 5.27. The molecule has 0 spiro atoms. The molecule has 0 radical (unpaired) electrons. The van der Waals surface area contributed by atoms with Gasteiger partial charge in [-0.05, 0) is 18.8 Å². The van der Waals surface area contributed by atoms with Gasteiger partial charge in [0.2, 0.25) is 0 Å². The topological polar surface area (TPSA) is 27.7 Å². The molecule has 1 atom stereocenters. The summed E-state index contributed by atoms with van der Waals surface area (Å²) in [5, 5.41) is 0. The van der Waals surface area contributed by atoms with Crippen molar-refractivity contribution >= 4 is 0 Å². The van der Waals surface area contributed by atoms with Gasteiger partial charge in [0.25, 0.3) is 0 Å². The van der Waals surface area contributed by atoms with Gasteiger partial charge < -0.3 is 4.74 Å². The van der Waals surface area contributed by atoms with Gasteiger partial charge >= 0.3 is 0 Å². The average Bonchev–Trinajstić information content (AvgIpc) is 2.56. The van der Waals surface area contributed by atoms with Crippen molar-refractivity contribution in [2.24, 2.45) is 0 Å². The SMILES string of the molecule is C=C(C#COOC)C1CCCO1. The van der Waals surface area contributed by atoms with Crippen LogP contribution in [0.15, 0.2) is 12.2 Å². The molecule has 3 heteroatoms. The molecule has 0 aliphatic carbocycles. The average molecular weight is 168 g/mol. The van der Waals surface area contributed by atoms with Gasteiger partial charge in [-0.15, -0.1) is 0 Å². The Balaban J connectivity index is 2.33. The first-order chi connectivity index (χ1) is 5.84. The lowest BCUT2D eigenvalue weighted by Crippen LogP contribution is -2.06. The smallest absolute Gasteiger partial charge is 0.162 e. The van der Waals surface area contributed by atoms with E-state index in [1.807, 2.05) is 0 Å². The zero-order valence-electron chi connectivity index (χ0n) is 7.13. The Morgan fingerprint density at radius 3 is 3.08 bits per heavy atom. The van der Waals surface area contributed by atoms with E-state index in [0.29, 0.717) is 0 Å². The van der Waals surface area contributed by atoms with Crippen molar-refractivity contribution in [3.63, 3.8) is 0 Å². The zero-order chi connectivity index (χ0) is 8.81. The molecule has 0 saturated carbocycles. The predicted molar refractivity (Wildman–Crippen MR) is 44.0 cm³/mol. The Hall–Kier alpha value is -0.980. The van der Waals surface area contributed by atoms with Crippen molar-refractivity contribution in [2.75, 3.05) is 13.7 Å². The van der Waals surface area contributed by atoms with Crippen LogP contribution in [-0.2, 0) is 14.5 Å². The second-order valence-corrected chi connectivity index (χ2v) is 2.50. The second kappa shape index (κ2) is 4.81. The third kappa shape index (κ3) is 2.57. The molecule has 0 aromatic carbocycles. The first kappa shape index (κ1) is 9.11. The van der Waals surface area contributed by atoms with Gasteiger partial charge in [-0.2, -0.15) is 4.89 Å². The molecule has 0 aromatic rings. The molecule has 0 bridgehead atoms. The van der Waals surface area contributed by atoms with Crippen LogP contribution in [0.1, 0.15) is 12.8 Å². The molecule has 3 nitrogen and oxygen atoms in total. The lowest BCUT2D eigenvalue weighted by atomic mass is 10.1. The Morgan fingerprint density at radius 1 is 1.67 bits per heavy atom. The Labute approximate surface area is 72.2 Å². The third-order valence-electron chi connectivity index (χ3n) is 1.65. The Kier molecular flexibility index (Phi) is 3.65. The maximum atomic E-state index is 5.35. The fourth-order valence-corrected chi connectivity index (χ4v) is 1.06. The van der Waals surface area contributed by atoms with Gasteiger partial charge in [0.1, 0.15) is 0 Å². The Morgan fingerprint density at radius 2 is 2.50 bits per heavy atom. The molecule has 12 heavy (non-hydrogen) atoms. The highest BCUT2D eigenvalue weighted by atomic mass is 17.2. The van der Waals surface area contributed by atoms with Crippen LogP contribution >= 0.6 is 0 Å². The maximum Gasteiger partial charge on any atom is 0.162 e. The largest absolute Gasteiger partial charge is 0.373 e. The number of ether oxygens (including phenoxy) is 1. The summed E-state index contributed by atoms with van der Waals surface area (Å²) in [6.07, 6.45) is 4.52. The van der Waals surface area contributed by atoms with E-state index in [9.17, 15) is 0 Å². The fourth-order valence-electron chi connectivity index (χ4n) is 1.06. The van der Waals surface area contributed by atoms with E-state index < -0.39 is 0 Å². The number of hydrogen-bond acceptors (Lipinski definition) is 3. The summed E-state index contributed by atoms with van der Waals surface area (Å²) >= 11 is 0. The van der Waals surface area contributed by atoms with E-state index in [4.69, 9.17) is 4.74 Å². The molecule has 1 aliphatic heterocycles. The van der Waals surface area contributed by atoms with Crippen LogP contribution in [0.5, 0.6) is 0 Å². The first-order valence-electron chi connectivity index (χ1n) is 3.85. The minimum Gasteiger partial charge on any atom is -0.373 e. The monoisotopic (exact) mass is 168 g/mol. The van der Waals surface area contributed by atoms with Crippen molar-refractivity contribution in [1.82, 2.24) is 0 Å². The van der Waals surface area contributed by atoms with Gasteiger partial charge in [-0.1, -0.05) is 6.58 Å². The van der Waals surface area contributed by atoms with E-state index in [2.05, 4.69) is 28.4 Å². The fraction of sp³-hybridized carbons (Fsp3) is 0.556. The summed E-state index contributed by atoms with van der Waals surface area (Å²) < 4.78 is 5.35. The van der Waals surface area contributed by atoms with E-state index in [0.717, 1.165) is 25.0 Å². The van der Waals surface area contributed by atoms with Crippen LogP contribution in [0.3, 0.4) is 0 Å². The molecule has 0 N–H and O–H groups in total. The predicted octanol–water partition coefficient (Wildman–Crippen LogP) is 1.26. The molecule has 1 aliphatic rings. The quantitative estimate of drug-likeness (QED) is 0.353. The van der Waals surface area contributed by atoms with Crippen LogP contribution in [-0.4, -0.2) is 19.8 Å². The summed E-state index contributed by atoms with van der Waals surface area (Å²) in [6, 6.07) is 0. The zero-order valence-corrected chi connectivity index (χ0v) is 7.13. The third-order valence-corrected chi connectivity index (χ3v) is 1.65. The molecular formula is C9H12O3. The van der Waals surface area contributed by atoms with Crippen LogP contribution < -0.4 is 0 Å². The number of rotatable bonds is 2. The van der Waals surface area contributed by atoms with Crippen molar-refractivity contribution in [2.45, 2.75) is 18.9 Å².